The maximum Gasteiger partial charge on any atom is 0.273 e. The molecular weight excluding hydrogens is 332 g/mol. The van der Waals surface area contributed by atoms with Crippen molar-refractivity contribution in [2.75, 3.05) is 11.4 Å². The first-order valence-corrected chi connectivity index (χ1v) is 8.58. The molecule has 4 rings (SSSR count). The van der Waals surface area contributed by atoms with E-state index in [9.17, 15) is 14.9 Å². The number of carbonyl (C=O) groups is 1. The second-order valence-corrected chi connectivity index (χ2v) is 6.50. The van der Waals surface area contributed by atoms with E-state index >= 15 is 0 Å². The number of amides is 1. The Labute approximate surface area is 150 Å². The zero-order valence-corrected chi connectivity index (χ0v) is 14.3. The first-order chi connectivity index (χ1) is 12.5. The summed E-state index contributed by atoms with van der Waals surface area (Å²) >= 11 is 0. The van der Waals surface area contributed by atoms with E-state index in [1.807, 2.05) is 12.1 Å². The number of allylic oxidation sites excluding steroid dienone is 1. The molecule has 26 heavy (non-hydrogen) atoms. The SMILES string of the molecule is CC1Oc2cc([N+](=O)[O-])ccc2N(CCC2=CCc3ccccc32)C1=O. The molecule has 1 aliphatic carbocycles. The molecule has 2 aromatic rings. The van der Waals surface area contributed by atoms with Crippen LogP contribution in [0.4, 0.5) is 11.4 Å². The van der Waals surface area contributed by atoms with E-state index in [-0.39, 0.29) is 11.6 Å². The van der Waals surface area contributed by atoms with E-state index in [1.165, 1.54) is 28.8 Å². The number of benzene rings is 2. The van der Waals surface area contributed by atoms with E-state index in [1.54, 1.807) is 17.9 Å². The van der Waals surface area contributed by atoms with E-state index in [0.29, 0.717) is 18.0 Å². The molecule has 0 saturated heterocycles. The Morgan fingerprint density at radius 2 is 2.08 bits per heavy atom. The second kappa shape index (κ2) is 6.29. The van der Waals surface area contributed by atoms with Crippen molar-refractivity contribution in [3.63, 3.8) is 0 Å². The molecule has 0 aromatic heterocycles. The number of nitrogens with zero attached hydrogens (tertiary/aromatic N) is 2. The summed E-state index contributed by atoms with van der Waals surface area (Å²) in [5.41, 5.74) is 4.32. The fraction of sp³-hybridized carbons (Fsp3) is 0.250. The molecule has 1 amide bonds. The third kappa shape index (κ3) is 2.73. The first-order valence-electron chi connectivity index (χ1n) is 8.58. The third-order valence-corrected chi connectivity index (χ3v) is 4.90. The zero-order chi connectivity index (χ0) is 18.3. The van der Waals surface area contributed by atoms with Crippen LogP contribution in [0.3, 0.4) is 0 Å². The Kier molecular flexibility index (Phi) is 3.95. The monoisotopic (exact) mass is 350 g/mol. The molecule has 1 aliphatic heterocycles. The number of non-ortho nitro benzene ring substituents is 1. The number of anilines is 1. The first kappa shape index (κ1) is 16.3. The second-order valence-electron chi connectivity index (χ2n) is 6.50. The molecule has 6 heteroatoms. The number of nitro benzene ring substituents is 1. The summed E-state index contributed by atoms with van der Waals surface area (Å²) in [5, 5.41) is 11.0. The molecule has 2 aromatic carbocycles. The lowest BCUT2D eigenvalue weighted by Gasteiger charge is -2.33. The van der Waals surface area contributed by atoms with Gasteiger partial charge >= 0.3 is 0 Å². The largest absolute Gasteiger partial charge is 0.478 e. The molecule has 0 spiro atoms. The van der Waals surface area contributed by atoms with Gasteiger partial charge in [-0.3, -0.25) is 14.9 Å². The average molecular weight is 350 g/mol. The molecule has 0 bridgehead atoms. The Bertz CT molecular complexity index is 935. The van der Waals surface area contributed by atoms with Gasteiger partial charge in [-0.2, -0.15) is 0 Å². The van der Waals surface area contributed by atoms with Gasteiger partial charge in [-0.25, -0.2) is 0 Å². The summed E-state index contributed by atoms with van der Waals surface area (Å²) in [6, 6.07) is 12.7. The number of fused-ring (bicyclic) bond motifs is 2. The molecule has 132 valence electrons. The highest BCUT2D eigenvalue weighted by atomic mass is 16.6. The summed E-state index contributed by atoms with van der Waals surface area (Å²) in [6.45, 7) is 2.18. The van der Waals surface area contributed by atoms with Gasteiger partial charge in [-0.15, -0.1) is 0 Å². The highest BCUT2D eigenvalue weighted by molar-refractivity contribution is 6.00. The minimum atomic E-state index is -0.658. The van der Waals surface area contributed by atoms with Crippen LogP contribution in [0.25, 0.3) is 5.57 Å². The lowest BCUT2D eigenvalue weighted by Crippen LogP contribution is -2.44. The van der Waals surface area contributed by atoms with Gasteiger partial charge in [0, 0.05) is 12.6 Å². The minimum absolute atomic E-state index is 0.0438. The van der Waals surface area contributed by atoms with Crippen molar-refractivity contribution in [1.29, 1.82) is 0 Å². The van der Waals surface area contributed by atoms with Crippen LogP contribution in [-0.4, -0.2) is 23.5 Å². The quantitative estimate of drug-likeness (QED) is 0.622. The number of ether oxygens (including phenoxy) is 1. The molecule has 6 nitrogen and oxygen atoms in total. The van der Waals surface area contributed by atoms with Gasteiger partial charge in [0.1, 0.15) is 0 Å². The molecule has 1 atom stereocenters. The number of nitro groups is 1. The number of hydrogen-bond acceptors (Lipinski definition) is 4. The summed E-state index contributed by atoms with van der Waals surface area (Å²) in [6.07, 6.45) is 3.19. The molecule has 2 aliphatic rings. The van der Waals surface area contributed by atoms with E-state index < -0.39 is 11.0 Å². The van der Waals surface area contributed by atoms with Crippen molar-refractivity contribution in [3.8, 4) is 5.75 Å². The van der Waals surface area contributed by atoms with E-state index in [2.05, 4.69) is 18.2 Å². The highest BCUT2D eigenvalue weighted by Crippen LogP contribution is 2.38. The van der Waals surface area contributed by atoms with Crippen molar-refractivity contribution < 1.29 is 14.5 Å². The average Bonchev–Trinajstić information content (AvgIpc) is 3.05. The predicted molar refractivity (Wildman–Crippen MR) is 98.3 cm³/mol. The summed E-state index contributed by atoms with van der Waals surface area (Å²) in [7, 11) is 0. The van der Waals surface area contributed by atoms with Crippen molar-refractivity contribution in [2.45, 2.75) is 25.9 Å². The highest BCUT2D eigenvalue weighted by Gasteiger charge is 2.32. The number of rotatable bonds is 4. The molecule has 1 heterocycles. The Morgan fingerprint density at radius 3 is 2.88 bits per heavy atom. The lowest BCUT2D eigenvalue weighted by atomic mass is 10.0. The molecule has 1 unspecified atom stereocenters. The Hall–Kier alpha value is -3.15. The fourth-order valence-corrected chi connectivity index (χ4v) is 3.57. The minimum Gasteiger partial charge on any atom is -0.478 e. The van der Waals surface area contributed by atoms with Gasteiger partial charge in [0.2, 0.25) is 0 Å². The summed E-state index contributed by atoms with van der Waals surface area (Å²) < 4.78 is 5.58. The molecular formula is C20H18N2O4. The fourth-order valence-electron chi connectivity index (χ4n) is 3.57. The van der Waals surface area contributed by atoms with Gasteiger partial charge in [0.05, 0.1) is 16.7 Å². The van der Waals surface area contributed by atoms with Gasteiger partial charge in [0.25, 0.3) is 11.6 Å². The van der Waals surface area contributed by atoms with Crippen LogP contribution >= 0.6 is 0 Å². The smallest absolute Gasteiger partial charge is 0.273 e. The van der Waals surface area contributed by atoms with Gasteiger partial charge in [-0.1, -0.05) is 30.3 Å². The standard InChI is InChI=1S/C20H18N2O4/c1-13-20(23)21(18-9-8-16(22(24)25)12-19(18)26-13)11-10-15-7-6-14-4-2-3-5-17(14)15/h2-5,7-9,12-13H,6,10-11H2,1H3. The molecule has 0 fully saturated rings. The summed E-state index contributed by atoms with van der Waals surface area (Å²) in [4.78, 5) is 24.8. The van der Waals surface area contributed by atoms with Gasteiger partial charge < -0.3 is 9.64 Å². The van der Waals surface area contributed by atoms with Crippen molar-refractivity contribution in [3.05, 3.63) is 69.8 Å². The van der Waals surface area contributed by atoms with Crippen LogP contribution in [0, 0.1) is 10.1 Å². The maximum atomic E-state index is 12.6. The van der Waals surface area contributed by atoms with E-state index in [4.69, 9.17) is 4.74 Å². The van der Waals surface area contributed by atoms with Crippen molar-refractivity contribution >= 4 is 22.9 Å². The number of carbonyl (C=O) groups excluding carboxylic acids is 1. The normalized spacial score (nSPS) is 18.0. The van der Waals surface area contributed by atoms with Crippen molar-refractivity contribution in [1.82, 2.24) is 0 Å². The molecule has 0 radical (unpaired) electrons. The topological polar surface area (TPSA) is 72.7 Å². The Morgan fingerprint density at radius 1 is 1.27 bits per heavy atom. The van der Waals surface area contributed by atoms with E-state index in [0.717, 1.165) is 12.8 Å². The third-order valence-electron chi connectivity index (χ3n) is 4.90. The lowest BCUT2D eigenvalue weighted by molar-refractivity contribution is -0.384. The Balaban J connectivity index is 1.59. The van der Waals surface area contributed by atoms with Crippen LogP contribution in [0.1, 0.15) is 24.5 Å². The maximum absolute atomic E-state index is 12.6. The predicted octanol–water partition coefficient (Wildman–Crippen LogP) is 3.74. The van der Waals surface area contributed by atoms with Gasteiger partial charge in [-0.05, 0) is 42.5 Å². The van der Waals surface area contributed by atoms with Crippen LogP contribution in [0.5, 0.6) is 5.75 Å². The molecule has 0 N–H and O–H groups in total. The summed E-state index contributed by atoms with van der Waals surface area (Å²) in [5.74, 6) is 0.255. The van der Waals surface area contributed by atoms with Crippen molar-refractivity contribution in [2.24, 2.45) is 0 Å². The number of hydrogen-bond donors (Lipinski definition) is 0. The van der Waals surface area contributed by atoms with Gasteiger partial charge in [0.15, 0.2) is 11.9 Å². The van der Waals surface area contributed by atoms with Crippen LogP contribution in [-0.2, 0) is 11.2 Å². The van der Waals surface area contributed by atoms with Crippen LogP contribution in [0.15, 0.2) is 48.5 Å². The van der Waals surface area contributed by atoms with Crippen LogP contribution < -0.4 is 9.64 Å². The van der Waals surface area contributed by atoms with Crippen LogP contribution in [0.2, 0.25) is 0 Å². The zero-order valence-electron chi connectivity index (χ0n) is 14.3. The molecule has 0 saturated carbocycles.